The quantitative estimate of drug-likeness (QED) is 0.395. The second-order valence-electron chi connectivity index (χ2n) is 5.74. The number of nitrogens with zero attached hydrogens (tertiary/aromatic N) is 1. The van der Waals surface area contributed by atoms with Gasteiger partial charge in [0.15, 0.2) is 0 Å². The van der Waals surface area contributed by atoms with E-state index in [4.69, 9.17) is 17.0 Å². The number of carbonyl (C=O) groups is 1. The molecule has 3 nitrogen and oxygen atoms in total. The van der Waals surface area contributed by atoms with Crippen LogP contribution in [-0.4, -0.2) is 28.3 Å². The van der Waals surface area contributed by atoms with Crippen LogP contribution < -0.4 is 4.74 Å². The summed E-state index contributed by atoms with van der Waals surface area (Å²) >= 11 is 6.75. The summed E-state index contributed by atoms with van der Waals surface area (Å²) in [5, 5.41) is 0. The zero-order chi connectivity index (χ0) is 18.4. The van der Waals surface area contributed by atoms with Gasteiger partial charge >= 0.3 is 0 Å². The number of rotatable bonds is 7. The van der Waals surface area contributed by atoms with E-state index in [2.05, 4.69) is 18.7 Å². The Bertz CT molecular complexity index is 846. The van der Waals surface area contributed by atoms with Gasteiger partial charge in [0, 0.05) is 6.54 Å². The van der Waals surface area contributed by atoms with Crippen LogP contribution in [0.5, 0.6) is 5.75 Å². The third kappa shape index (κ3) is 4.62. The van der Waals surface area contributed by atoms with Crippen LogP contribution in [0.3, 0.4) is 0 Å². The molecule has 1 aliphatic heterocycles. The Balaban J connectivity index is 1.69. The van der Waals surface area contributed by atoms with E-state index in [9.17, 15) is 4.79 Å². The first-order valence-electron chi connectivity index (χ1n) is 8.30. The van der Waals surface area contributed by atoms with Gasteiger partial charge in [0.2, 0.25) is 0 Å². The lowest BCUT2D eigenvalue weighted by atomic mass is 10.1. The van der Waals surface area contributed by atoms with Crippen molar-refractivity contribution in [3.63, 3.8) is 0 Å². The maximum atomic E-state index is 12.7. The Morgan fingerprint density at radius 1 is 1.15 bits per heavy atom. The SMILES string of the molecule is C=CCOc1cccc(C=C2SC(=S)N(CCc3ccccc3)C2=O)c1. The van der Waals surface area contributed by atoms with E-state index in [1.165, 1.54) is 17.3 Å². The smallest absolute Gasteiger partial charge is 0.266 e. The van der Waals surface area contributed by atoms with Gasteiger partial charge in [-0.25, -0.2) is 0 Å². The first kappa shape index (κ1) is 18.4. The highest BCUT2D eigenvalue weighted by Crippen LogP contribution is 2.33. The molecule has 1 aliphatic rings. The molecule has 132 valence electrons. The molecule has 0 aliphatic carbocycles. The van der Waals surface area contributed by atoms with Gasteiger partial charge in [0.1, 0.15) is 16.7 Å². The Morgan fingerprint density at radius 2 is 1.96 bits per heavy atom. The molecule has 2 aromatic rings. The average Bonchev–Trinajstić information content (AvgIpc) is 2.92. The number of ether oxygens (including phenoxy) is 1. The summed E-state index contributed by atoms with van der Waals surface area (Å²) in [6.07, 6.45) is 4.35. The molecule has 0 N–H and O–H groups in total. The molecule has 0 unspecified atom stereocenters. The molecule has 0 saturated carbocycles. The van der Waals surface area contributed by atoms with Gasteiger partial charge < -0.3 is 4.74 Å². The van der Waals surface area contributed by atoms with E-state index in [-0.39, 0.29) is 5.91 Å². The standard InChI is InChI=1S/C21H19NO2S2/c1-2-13-24-18-10-6-9-17(14-18)15-19-20(23)22(21(25)26-19)12-11-16-7-4-3-5-8-16/h2-10,14-15H,1,11-13H2. The first-order valence-corrected chi connectivity index (χ1v) is 9.53. The molecular formula is C21H19NO2S2. The fourth-order valence-electron chi connectivity index (χ4n) is 2.58. The lowest BCUT2D eigenvalue weighted by Crippen LogP contribution is -2.30. The molecule has 2 aromatic carbocycles. The monoisotopic (exact) mass is 381 g/mol. The zero-order valence-electron chi connectivity index (χ0n) is 14.3. The average molecular weight is 382 g/mol. The number of thioether (sulfide) groups is 1. The first-order chi connectivity index (χ1) is 12.7. The molecule has 1 heterocycles. The van der Waals surface area contributed by atoms with Crippen LogP contribution in [0.4, 0.5) is 0 Å². The van der Waals surface area contributed by atoms with Gasteiger partial charge in [0.25, 0.3) is 5.91 Å². The molecule has 0 bridgehead atoms. The summed E-state index contributed by atoms with van der Waals surface area (Å²) in [5.41, 5.74) is 2.10. The van der Waals surface area contributed by atoms with Crippen molar-refractivity contribution in [3.05, 3.63) is 83.3 Å². The minimum absolute atomic E-state index is 0.0339. The number of benzene rings is 2. The van der Waals surface area contributed by atoms with E-state index in [1.54, 1.807) is 11.0 Å². The van der Waals surface area contributed by atoms with Crippen molar-refractivity contribution in [1.29, 1.82) is 0 Å². The van der Waals surface area contributed by atoms with Gasteiger partial charge in [-0.05, 0) is 35.8 Å². The Hall–Kier alpha value is -2.37. The maximum absolute atomic E-state index is 12.7. The molecule has 0 aromatic heterocycles. The highest BCUT2D eigenvalue weighted by molar-refractivity contribution is 8.26. The van der Waals surface area contributed by atoms with E-state index in [0.29, 0.717) is 22.4 Å². The number of thiocarbonyl (C=S) groups is 1. The van der Waals surface area contributed by atoms with Crippen molar-refractivity contribution in [2.75, 3.05) is 13.2 Å². The summed E-state index contributed by atoms with van der Waals surface area (Å²) in [6, 6.07) is 17.7. The zero-order valence-corrected chi connectivity index (χ0v) is 15.9. The van der Waals surface area contributed by atoms with Crippen LogP contribution in [0.2, 0.25) is 0 Å². The Labute approximate surface area is 163 Å². The van der Waals surface area contributed by atoms with Gasteiger partial charge in [0.05, 0.1) is 4.91 Å². The van der Waals surface area contributed by atoms with E-state index < -0.39 is 0 Å². The minimum Gasteiger partial charge on any atom is -0.490 e. The molecule has 1 saturated heterocycles. The molecular weight excluding hydrogens is 362 g/mol. The maximum Gasteiger partial charge on any atom is 0.266 e. The summed E-state index contributed by atoms with van der Waals surface area (Å²) in [6.45, 7) is 4.68. The molecule has 3 rings (SSSR count). The highest BCUT2D eigenvalue weighted by atomic mass is 32.2. The molecule has 0 radical (unpaired) electrons. The largest absolute Gasteiger partial charge is 0.490 e. The van der Waals surface area contributed by atoms with Crippen LogP contribution in [0.25, 0.3) is 6.08 Å². The number of amides is 1. The molecule has 0 spiro atoms. The second kappa shape index (κ2) is 8.83. The lowest BCUT2D eigenvalue weighted by molar-refractivity contribution is -0.122. The summed E-state index contributed by atoms with van der Waals surface area (Å²) in [7, 11) is 0. The summed E-state index contributed by atoms with van der Waals surface area (Å²) in [4.78, 5) is 15.0. The summed E-state index contributed by atoms with van der Waals surface area (Å²) < 4.78 is 6.15. The minimum atomic E-state index is -0.0339. The van der Waals surface area contributed by atoms with Crippen LogP contribution in [0, 0.1) is 0 Å². The van der Waals surface area contributed by atoms with Gasteiger partial charge in [-0.3, -0.25) is 9.69 Å². The molecule has 26 heavy (non-hydrogen) atoms. The van der Waals surface area contributed by atoms with Gasteiger partial charge in [-0.2, -0.15) is 0 Å². The third-order valence-electron chi connectivity index (χ3n) is 3.86. The Kier molecular flexibility index (Phi) is 6.26. The Morgan fingerprint density at radius 3 is 2.73 bits per heavy atom. The predicted octanol–water partition coefficient (Wildman–Crippen LogP) is 4.70. The van der Waals surface area contributed by atoms with Crippen molar-refractivity contribution in [3.8, 4) is 5.75 Å². The van der Waals surface area contributed by atoms with Crippen molar-refractivity contribution in [1.82, 2.24) is 4.90 Å². The molecule has 1 fully saturated rings. The topological polar surface area (TPSA) is 29.5 Å². The number of hydrogen-bond acceptors (Lipinski definition) is 4. The van der Waals surface area contributed by atoms with E-state index in [1.807, 2.05) is 48.5 Å². The van der Waals surface area contributed by atoms with E-state index in [0.717, 1.165) is 17.7 Å². The second-order valence-corrected chi connectivity index (χ2v) is 7.42. The molecule has 0 atom stereocenters. The number of carbonyl (C=O) groups excluding carboxylic acids is 1. The highest BCUT2D eigenvalue weighted by Gasteiger charge is 2.31. The van der Waals surface area contributed by atoms with Crippen LogP contribution >= 0.6 is 24.0 Å². The third-order valence-corrected chi connectivity index (χ3v) is 5.24. The fraction of sp³-hybridized carbons (Fsp3) is 0.143. The van der Waals surface area contributed by atoms with Crippen LogP contribution in [0.1, 0.15) is 11.1 Å². The van der Waals surface area contributed by atoms with Gasteiger partial charge in [-0.1, -0.05) is 79.1 Å². The number of hydrogen-bond donors (Lipinski definition) is 0. The predicted molar refractivity (Wildman–Crippen MR) is 112 cm³/mol. The molecule has 5 heteroatoms. The van der Waals surface area contributed by atoms with Crippen LogP contribution in [0.15, 0.2) is 72.2 Å². The van der Waals surface area contributed by atoms with Crippen LogP contribution in [-0.2, 0) is 11.2 Å². The van der Waals surface area contributed by atoms with Gasteiger partial charge in [-0.15, -0.1) is 0 Å². The molecule has 1 amide bonds. The normalized spacial score (nSPS) is 15.5. The summed E-state index contributed by atoms with van der Waals surface area (Å²) in [5.74, 6) is 0.714. The van der Waals surface area contributed by atoms with E-state index >= 15 is 0 Å². The van der Waals surface area contributed by atoms with Crippen molar-refractivity contribution < 1.29 is 9.53 Å². The lowest BCUT2D eigenvalue weighted by Gasteiger charge is -2.14. The van der Waals surface area contributed by atoms with Crippen molar-refractivity contribution in [2.45, 2.75) is 6.42 Å². The fourth-order valence-corrected chi connectivity index (χ4v) is 3.89. The van der Waals surface area contributed by atoms with Crippen molar-refractivity contribution in [2.24, 2.45) is 0 Å². The van der Waals surface area contributed by atoms with Crippen molar-refractivity contribution >= 4 is 40.3 Å².